The molecule has 6 nitrogen and oxygen atoms in total. The number of nitrogens with zero attached hydrogens (tertiary/aromatic N) is 1. The number of nitro benzene ring substituents is 1. The Morgan fingerprint density at radius 2 is 2.12 bits per heavy atom. The van der Waals surface area contributed by atoms with Crippen molar-refractivity contribution in [3.05, 3.63) is 39.9 Å². The largest absolute Gasteiger partial charge is 0.347 e. The van der Waals surface area contributed by atoms with Crippen LogP contribution in [0.25, 0.3) is 0 Å². The first-order chi connectivity index (χ1) is 7.68. The zero-order valence-electron chi connectivity index (χ0n) is 8.47. The molecule has 1 saturated heterocycles. The number of nitro groups is 1. The van der Waals surface area contributed by atoms with Crippen LogP contribution in [0.5, 0.6) is 0 Å². The van der Waals surface area contributed by atoms with Gasteiger partial charge in [-0.05, 0) is 6.07 Å². The predicted octanol–water partition coefficient (Wildman–Crippen LogP) is 0.296. The van der Waals surface area contributed by atoms with Gasteiger partial charge in [0.2, 0.25) is 0 Å². The summed E-state index contributed by atoms with van der Waals surface area (Å²) >= 11 is 0. The molecule has 2 N–H and O–H groups in total. The van der Waals surface area contributed by atoms with E-state index in [1.807, 2.05) is 0 Å². The minimum Gasteiger partial charge on any atom is -0.347 e. The van der Waals surface area contributed by atoms with Crippen molar-refractivity contribution in [2.24, 2.45) is 0 Å². The van der Waals surface area contributed by atoms with Gasteiger partial charge in [0.1, 0.15) is 5.56 Å². The van der Waals surface area contributed by atoms with E-state index >= 15 is 0 Å². The standard InChI is InChI=1S/C10H11N3O3/c14-10(12-7-5-11-6-7)8-3-1-2-4-9(8)13(15)16/h1-4,7,11H,5-6H2,(H,12,14). The molecule has 0 aromatic heterocycles. The average molecular weight is 221 g/mol. The Balaban J connectivity index is 2.18. The molecule has 0 aliphatic carbocycles. The quantitative estimate of drug-likeness (QED) is 0.567. The molecule has 1 heterocycles. The molecule has 1 amide bonds. The van der Waals surface area contributed by atoms with Gasteiger partial charge in [-0.3, -0.25) is 14.9 Å². The fourth-order valence-electron chi connectivity index (χ4n) is 1.48. The first-order valence-corrected chi connectivity index (χ1v) is 4.93. The van der Waals surface area contributed by atoms with Gasteiger partial charge in [-0.25, -0.2) is 0 Å². The van der Waals surface area contributed by atoms with Gasteiger partial charge in [-0.2, -0.15) is 0 Å². The number of para-hydroxylation sites is 1. The third-order valence-corrected chi connectivity index (χ3v) is 2.46. The lowest BCUT2D eigenvalue weighted by Gasteiger charge is -2.27. The van der Waals surface area contributed by atoms with Crippen molar-refractivity contribution in [1.82, 2.24) is 10.6 Å². The van der Waals surface area contributed by atoms with Crippen LogP contribution >= 0.6 is 0 Å². The van der Waals surface area contributed by atoms with E-state index in [4.69, 9.17) is 0 Å². The molecule has 0 atom stereocenters. The van der Waals surface area contributed by atoms with Crippen LogP contribution in [0.4, 0.5) is 5.69 Å². The molecular weight excluding hydrogens is 210 g/mol. The van der Waals surface area contributed by atoms with Crippen LogP contribution < -0.4 is 10.6 Å². The molecule has 1 aromatic carbocycles. The van der Waals surface area contributed by atoms with Crippen molar-refractivity contribution in [2.45, 2.75) is 6.04 Å². The molecule has 1 aromatic rings. The predicted molar refractivity (Wildman–Crippen MR) is 57.2 cm³/mol. The van der Waals surface area contributed by atoms with Crippen LogP contribution in [-0.2, 0) is 0 Å². The summed E-state index contributed by atoms with van der Waals surface area (Å²) in [5.41, 5.74) is -0.0494. The van der Waals surface area contributed by atoms with Gasteiger partial charge in [-0.15, -0.1) is 0 Å². The summed E-state index contributed by atoms with van der Waals surface area (Å²) in [5.74, 6) is -0.390. The van der Waals surface area contributed by atoms with E-state index in [1.165, 1.54) is 12.1 Å². The van der Waals surface area contributed by atoms with Crippen molar-refractivity contribution in [3.63, 3.8) is 0 Å². The lowest BCUT2D eigenvalue weighted by atomic mass is 10.1. The number of rotatable bonds is 3. The Kier molecular flexibility index (Phi) is 2.82. The normalized spacial score (nSPS) is 15.2. The van der Waals surface area contributed by atoms with Crippen LogP contribution in [0, 0.1) is 10.1 Å². The number of nitrogens with one attached hydrogen (secondary N) is 2. The van der Waals surface area contributed by atoms with Gasteiger partial charge in [0, 0.05) is 19.2 Å². The summed E-state index contributed by atoms with van der Waals surface area (Å²) in [7, 11) is 0. The molecule has 84 valence electrons. The molecule has 0 saturated carbocycles. The number of benzene rings is 1. The highest BCUT2D eigenvalue weighted by Gasteiger charge is 2.24. The fourth-order valence-corrected chi connectivity index (χ4v) is 1.48. The number of hydrogen-bond donors (Lipinski definition) is 2. The number of carbonyl (C=O) groups excluding carboxylic acids is 1. The minimum atomic E-state index is -0.548. The van der Waals surface area contributed by atoms with Gasteiger partial charge in [0.15, 0.2) is 0 Å². The number of hydrogen-bond acceptors (Lipinski definition) is 4. The average Bonchev–Trinajstić information content (AvgIpc) is 2.23. The maximum absolute atomic E-state index is 11.7. The highest BCUT2D eigenvalue weighted by Crippen LogP contribution is 2.17. The molecule has 1 aliphatic rings. The number of carbonyl (C=O) groups is 1. The van der Waals surface area contributed by atoms with Gasteiger partial charge in [0.05, 0.1) is 11.0 Å². The fraction of sp³-hybridized carbons (Fsp3) is 0.300. The van der Waals surface area contributed by atoms with Crippen molar-refractivity contribution in [1.29, 1.82) is 0 Å². The number of amides is 1. The highest BCUT2D eigenvalue weighted by molar-refractivity contribution is 5.98. The zero-order chi connectivity index (χ0) is 11.5. The molecule has 1 fully saturated rings. The summed E-state index contributed by atoms with van der Waals surface area (Å²) in [6.07, 6.45) is 0. The first-order valence-electron chi connectivity index (χ1n) is 4.93. The summed E-state index contributed by atoms with van der Waals surface area (Å²) in [4.78, 5) is 21.9. The molecule has 0 unspecified atom stereocenters. The maximum atomic E-state index is 11.7. The van der Waals surface area contributed by atoms with Crippen molar-refractivity contribution in [2.75, 3.05) is 13.1 Å². The molecular formula is C10H11N3O3. The molecule has 2 rings (SSSR count). The summed E-state index contributed by atoms with van der Waals surface area (Å²) < 4.78 is 0. The van der Waals surface area contributed by atoms with E-state index in [0.29, 0.717) is 13.1 Å². The second-order valence-electron chi connectivity index (χ2n) is 3.60. The lowest BCUT2D eigenvalue weighted by Crippen LogP contribution is -2.56. The van der Waals surface area contributed by atoms with Crippen LogP contribution in [0.15, 0.2) is 24.3 Å². The summed E-state index contributed by atoms with van der Waals surface area (Å²) in [5, 5.41) is 16.4. The van der Waals surface area contributed by atoms with Crippen LogP contribution in [0.2, 0.25) is 0 Å². The van der Waals surface area contributed by atoms with Crippen LogP contribution in [0.3, 0.4) is 0 Å². The van der Waals surface area contributed by atoms with E-state index in [2.05, 4.69) is 10.6 Å². The van der Waals surface area contributed by atoms with Crippen molar-refractivity contribution < 1.29 is 9.72 Å². The van der Waals surface area contributed by atoms with Gasteiger partial charge in [0.25, 0.3) is 11.6 Å². The van der Waals surface area contributed by atoms with Crippen LogP contribution in [0.1, 0.15) is 10.4 Å². The third kappa shape index (κ3) is 2.01. The van der Waals surface area contributed by atoms with Crippen LogP contribution in [-0.4, -0.2) is 30.0 Å². The summed E-state index contributed by atoms with van der Waals surface area (Å²) in [6, 6.07) is 6.01. The molecule has 0 radical (unpaired) electrons. The Morgan fingerprint density at radius 1 is 1.44 bits per heavy atom. The molecule has 1 aliphatic heterocycles. The Bertz CT molecular complexity index is 429. The highest BCUT2D eigenvalue weighted by atomic mass is 16.6. The molecule has 16 heavy (non-hydrogen) atoms. The van der Waals surface area contributed by atoms with E-state index < -0.39 is 4.92 Å². The van der Waals surface area contributed by atoms with Gasteiger partial charge >= 0.3 is 0 Å². The topological polar surface area (TPSA) is 84.3 Å². The second kappa shape index (κ2) is 4.28. The molecule has 0 bridgehead atoms. The SMILES string of the molecule is O=C(NC1CNC1)c1ccccc1[N+](=O)[O-]. The van der Waals surface area contributed by atoms with Gasteiger partial charge in [-0.1, -0.05) is 12.1 Å². The Hall–Kier alpha value is -1.95. The van der Waals surface area contributed by atoms with Crippen molar-refractivity contribution >= 4 is 11.6 Å². The smallest absolute Gasteiger partial charge is 0.282 e. The zero-order valence-corrected chi connectivity index (χ0v) is 8.47. The second-order valence-corrected chi connectivity index (χ2v) is 3.60. The van der Waals surface area contributed by atoms with E-state index in [0.717, 1.165) is 0 Å². The lowest BCUT2D eigenvalue weighted by molar-refractivity contribution is -0.385. The minimum absolute atomic E-state index is 0.0762. The monoisotopic (exact) mass is 221 g/mol. The molecule has 0 spiro atoms. The summed E-state index contributed by atoms with van der Waals surface area (Å²) in [6.45, 7) is 1.43. The molecule has 6 heteroatoms. The van der Waals surface area contributed by atoms with Crippen molar-refractivity contribution in [3.8, 4) is 0 Å². The van der Waals surface area contributed by atoms with E-state index in [1.54, 1.807) is 12.1 Å². The first kappa shape index (κ1) is 10.6. The maximum Gasteiger partial charge on any atom is 0.282 e. The van der Waals surface area contributed by atoms with Gasteiger partial charge < -0.3 is 10.6 Å². The van der Waals surface area contributed by atoms with E-state index in [-0.39, 0.29) is 23.2 Å². The van der Waals surface area contributed by atoms with E-state index in [9.17, 15) is 14.9 Å². The Morgan fingerprint density at radius 3 is 2.69 bits per heavy atom. The third-order valence-electron chi connectivity index (χ3n) is 2.46. The Labute approximate surface area is 91.8 Å².